The Hall–Kier alpha value is -0.660. The summed E-state index contributed by atoms with van der Waals surface area (Å²) in [5, 5.41) is 0. The summed E-state index contributed by atoms with van der Waals surface area (Å²) in [5.41, 5.74) is 1.15. The maximum atomic E-state index is 10.6. The number of hydrogen-bond donors (Lipinski definition) is 0. The van der Waals surface area contributed by atoms with Crippen molar-refractivity contribution in [2.24, 2.45) is 10.4 Å². The largest absolute Gasteiger partial charge is 0.273 e. The molecule has 11 heavy (non-hydrogen) atoms. The summed E-state index contributed by atoms with van der Waals surface area (Å²) >= 11 is 0. The van der Waals surface area contributed by atoms with Crippen LogP contribution in [0, 0.1) is 5.41 Å². The van der Waals surface area contributed by atoms with E-state index in [0.717, 1.165) is 12.1 Å². The maximum Gasteiger partial charge on any atom is 0.242 e. The number of nitrogens with zero attached hydrogens (tertiary/aromatic N) is 1. The van der Waals surface area contributed by atoms with Gasteiger partial charge in [0.05, 0.1) is 0 Å². The summed E-state index contributed by atoms with van der Waals surface area (Å²) in [6.45, 7) is 9.77. The molecule has 0 fully saturated rings. The van der Waals surface area contributed by atoms with E-state index in [4.69, 9.17) is 0 Å². The van der Waals surface area contributed by atoms with Crippen LogP contribution in [0.25, 0.3) is 0 Å². The second kappa shape index (κ2) is 3.65. The van der Waals surface area contributed by atoms with Crippen LogP contribution in [0.3, 0.4) is 0 Å². The van der Waals surface area contributed by atoms with E-state index in [2.05, 4.69) is 25.8 Å². The van der Waals surface area contributed by atoms with Gasteiger partial charge in [-0.2, -0.15) is 0 Å². The highest BCUT2D eigenvalue weighted by Crippen LogP contribution is 2.18. The van der Waals surface area contributed by atoms with Crippen molar-refractivity contribution in [3.05, 3.63) is 0 Å². The van der Waals surface area contributed by atoms with Gasteiger partial charge >= 0.3 is 0 Å². The van der Waals surface area contributed by atoms with Crippen molar-refractivity contribution < 1.29 is 4.79 Å². The minimum absolute atomic E-state index is 0.105. The summed E-state index contributed by atoms with van der Waals surface area (Å²) in [7, 11) is 0. The van der Waals surface area contributed by atoms with Crippen LogP contribution in [0.1, 0.15) is 41.0 Å². The molecule has 0 heterocycles. The standard InChI is InChI=1S/C9H17NO/c1-7(10-8(2)11)6-9(3,4)5/h6H2,1-5H3/b10-7+. The van der Waals surface area contributed by atoms with Crippen molar-refractivity contribution in [3.63, 3.8) is 0 Å². The molecule has 0 N–H and O–H groups in total. The fourth-order valence-electron chi connectivity index (χ4n) is 1.08. The van der Waals surface area contributed by atoms with Gasteiger partial charge in [0.15, 0.2) is 0 Å². The summed E-state index contributed by atoms with van der Waals surface area (Å²) < 4.78 is 0. The van der Waals surface area contributed by atoms with Crippen molar-refractivity contribution in [2.45, 2.75) is 41.0 Å². The first-order valence-electron chi connectivity index (χ1n) is 3.86. The van der Waals surface area contributed by atoms with Gasteiger partial charge in [0.2, 0.25) is 5.91 Å². The van der Waals surface area contributed by atoms with Crippen LogP contribution in [0.4, 0.5) is 0 Å². The van der Waals surface area contributed by atoms with Crippen LogP contribution in [-0.4, -0.2) is 11.6 Å². The van der Waals surface area contributed by atoms with Gasteiger partial charge in [-0.15, -0.1) is 0 Å². The lowest BCUT2D eigenvalue weighted by molar-refractivity contribution is -0.115. The molecule has 0 saturated heterocycles. The van der Waals surface area contributed by atoms with Crippen molar-refractivity contribution in [2.75, 3.05) is 0 Å². The Labute approximate surface area is 68.7 Å². The first kappa shape index (κ1) is 10.3. The fourth-order valence-corrected chi connectivity index (χ4v) is 1.08. The molecule has 0 unspecified atom stereocenters. The molecule has 1 amide bonds. The molecule has 2 nitrogen and oxygen atoms in total. The molecule has 0 aliphatic heterocycles. The van der Waals surface area contributed by atoms with E-state index in [1.165, 1.54) is 6.92 Å². The van der Waals surface area contributed by atoms with Crippen molar-refractivity contribution in [3.8, 4) is 0 Å². The first-order valence-corrected chi connectivity index (χ1v) is 3.86. The molecule has 0 atom stereocenters. The van der Waals surface area contributed by atoms with Crippen LogP contribution in [0.2, 0.25) is 0 Å². The highest BCUT2D eigenvalue weighted by molar-refractivity contribution is 5.93. The number of carbonyl (C=O) groups is 1. The summed E-state index contributed by atoms with van der Waals surface area (Å²) in [4.78, 5) is 14.4. The van der Waals surface area contributed by atoms with Gasteiger partial charge in [-0.1, -0.05) is 20.8 Å². The highest BCUT2D eigenvalue weighted by Gasteiger charge is 2.11. The Bertz CT molecular complexity index is 174. The third-order valence-electron chi connectivity index (χ3n) is 1.13. The van der Waals surface area contributed by atoms with E-state index >= 15 is 0 Å². The van der Waals surface area contributed by atoms with Gasteiger partial charge in [-0.05, 0) is 18.8 Å². The Balaban J connectivity index is 4.07. The molecule has 0 radical (unpaired) electrons. The molecule has 0 spiro atoms. The predicted octanol–water partition coefficient (Wildman–Crippen LogP) is 2.43. The second-order valence-electron chi connectivity index (χ2n) is 4.10. The van der Waals surface area contributed by atoms with Crippen LogP contribution < -0.4 is 0 Å². The van der Waals surface area contributed by atoms with Crippen LogP contribution in [-0.2, 0) is 4.79 Å². The number of rotatable bonds is 1. The first-order chi connectivity index (χ1) is 4.81. The summed E-state index contributed by atoms with van der Waals surface area (Å²) in [5.74, 6) is -0.105. The molecular weight excluding hydrogens is 138 g/mol. The molecule has 0 aliphatic carbocycles. The molecule has 0 aromatic rings. The highest BCUT2D eigenvalue weighted by atomic mass is 16.1. The van der Waals surface area contributed by atoms with E-state index in [1.807, 2.05) is 6.92 Å². The molecule has 64 valence electrons. The van der Waals surface area contributed by atoms with Gasteiger partial charge in [-0.25, -0.2) is 4.99 Å². The summed E-state index contributed by atoms with van der Waals surface area (Å²) in [6, 6.07) is 0. The van der Waals surface area contributed by atoms with Crippen molar-refractivity contribution in [1.82, 2.24) is 0 Å². The molecule has 2 heteroatoms. The zero-order chi connectivity index (χ0) is 9.07. The number of hydrogen-bond acceptors (Lipinski definition) is 1. The van der Waals surface area contributed by atoms with Crippen LogP contribution in [0.5, 0.6) is 0 Å². The lowest BCUT2D eigenvalue weighted by Gasteiger charge is -2.16. The predicted molar refractivity (Wildman–Crippen MR) is 47.9 cm³/mol. The lowest BCUT2D eigenvalue weighted by Crippen LogP contribution is -2.11. The van der Waals surface area contributed by atoms with Gasteiger partial charge in [-0.3, -0.25) is 4.79 Å². The molecule has 0 aromatic heterocycles. The van der Waals surface area contributed by atoms with E-state index in [1.54, 1.807) is 0 Å². The third-order valence-corrected chi connectivity index (χ3v) is 1.13. The maximum absolute atomic E-state index is 10.6. The van der Waals surface area contributed by atoms with Gasteiger partial charge in [0, 0.05) is 12.6 Å². The molecule has 0 aliphatic rings. The SMILES string of the molecule is CC(=O)/N=C(\C)CC(C)(C)C. The van der Waals surface area contributed by atoms with Gasteiger partial charge in [0.1, 0.15) is 0 Å². The number of carbonyl (C=O) groups excluding carboxylic acids is 1. The number of amides is 1. The topological polar surface area (TPSA) is 29.4 Å². The second-order valence-corrected chi connectivity index (χ2v) is 4.10. The zero-order valence-corrected chi connectivity index (χ0v) is 8.06. The van der Waals surface area contributed by atoms with E-state index in [9.17, 15) is 4.79 Å². The number of aliphatic imine (C=N–C) groups is 1. The van der Waals surface area contributed by atoms with E-state index in [0.29, 0.717) is 0 Å². The molecule has 0 saturated carbocycles. The van der Waals surface area contributed by atoms with Crippen LogP contribution in [0.15, 0.2) is 4.99 Å². The third kappa shape index (κ3) is 7.23. The Kier molecular flexibility index (Phi) is 3.43. The minimum atomic E-state index is -0.105. The van der Waals surface area contributed by atoms with Crippen LogP contribution >= 0.6 is 0 Å². The molecule has 0 bridgehead atoms. The van der Waals surface area contributed by atoms with Crippen molar-refractivity contribution >= 4 is 11.6 Å². The average molecular weight is 155 g/mol. The van der Waals surface area contributed by atoms with E-state index < -0.39 is 0 Å². The molecule has 0 rings (SSSR count). The minimum Gasteiger partial charge on any atom is -0.273 e. The summed E-state index contributed by atoms with van der Waals surface area (Å²) in [6.07, 6.45) is 0.882. The Morgan fingerprint density at radius 2 is 1.73 bits per heavy atom. The Morgan fingerprint density at radius 3 is 2.00 bits per heavy atom. The van der Waals surface area contributed by atoms with E-state index in [-0.39, 0.29) is 11.3 Å². The van der Waals surface area contributed by atoms with Crippen molar-refractivity contribution in [1.29, 1.82) is 0 Å². The Morgan fingerprint density at radius 1 is 1.27 bits per heavy atom. The van der Waals surface area contributed by atoms with Gasteiger partial charge in [0.25, 0.3) is 0 Å². The van der Waals surface area contributed by atoms with Gasteiger partial charge < -0.3 is 0 Å². The smallest absolute Gasteiger partial charge is 0.242 e. The zero-order valence-electron chi connectivity index (χ0n) is 8.06. The fraction of sp³-hybridized carbons (Fsp3) is 0.778. The molecule has 0 aromatic carbocycles. The quantitative estimate of drug-likeness (QED) is 0.535. The normalized spacial score (nSPS) is 13.4. The lowest BCUT2D eigenvalue weighted by atomic mass is 9.90. The average Bonchev–Trinajstić information content (AvgIpc) is 1.53. The molecular formula is C9H17NO. The monoisotopic (exact) mass is 155 g/mol.